The van der Waals surface area contributed by atoms with E-state index in [0.29, 0.717) is 17.8 Å². The van der Waals surface area contributed by atoms with Crippen LogP contribution in [-0.4, -0.2) is 22.4 Å². The Morgan fingerprint density at radius 3 is 2.79 bits per heavy atom. The van der Waals surface area contributed by atoms with Gasteiger partial charge in [0.2, 0.25) is 0 Å². The van der Waals surface area contributed by atoms with Gasteiger partial charge in [0.05, 0.1) is 12.2 Å². The van der Waals surface area contributed by atoms with Crippen molar-refractivity contribution in [2.24, 2.45) is 17.8 Å². The van der Waals surface area contributed by atoms with Crippen molar-refractivity contribution >= 4 is 0 Å². The zero-order valence-corrected chi connectivity index (χ0v) is 15.4. The standard InChI is InChI=1S/C22H34O2/c1-3-4-5-9-18(23)10-11-19-21-12-16-8-6-7-15(2)20(16)13-17(21)14-22(19)24/h6-8,17-19,21-24H,3-5,9-14H2,1-2H3/t17-,18-,19+,21-,22+/m1/s1. The van der Waals surface area contributed by atoms with Crippen LogP contribution in [0, 0.1) is 24.7 Å². The van der Waals surface area contributed by atoms with E-state index in [0.717, 1.165) is 44.9 Å². The Balaban J connectivity index is 1.59. The van der Waals surface area contributed by atoms with Gasteiger partial charge in [0.15, 0.2) is 0 Å². The predicted octanol–water partition coefficient (Wildman–Crippen LogP) is 4.43. The Labute approximate surface area is 147 Å². The molecule has 24 heavy (non-hydrogen) atoms. The smallest absolute Gasteiger partial charge is 0.0574 e. The SMILES string of the molecule is CCCCC[C@@H](O)CC[C@H]1[C@@H]2Cc3cccc(C)c3C[C@@H]2C[C@@H]1O. The Kier molecular flexibility index (Phi) is 5.99. The summed E-state index contributed by atoms with van der Waals surface area (Å²) in [6.45, 7) is 4.42. The summed E-state index contributed by atoms with van der Waals surface area (Å²) in [7, 11) is 0. The Hall–Kier alpha value is -0.860. The molecule has 1 aromatic rings. The maximum absolute atomic E-state index is 10.6. The number of aryl methyl sites for hydroxylation is 1. The lowest BCUT2D eigenvalue weighted by Crippen LogP contribution is -2.28. The third-order valence-corrected chi connectivity index (χ3v) is 6.60. The molecule has 3 rings (SSSR count). The van der Waals surface area contributed by atoms with Crippen LogP contribution in [0.25, 0.3) is 0 Å². The molecule has 5 atom stereocenters. The van der Waals surface area contributed by atoms with Crippen LogP contribution in [0.2, 0.25) is 0 Å². The monoisotopic (exact) mass is 330 g/mol. The maximum Gasteiger partial charge on any atom is 0.0574 e. The molecule has 0 bridgehead atoms. The van der Waals surface area contributed by atoms with Crippen molar-refractivity contribution in [2.75, 3.05) is 0 Å². The summed E-state index contributed by atoms with van der Waals surface area (Å²) in [5.74, 6) is 1.62. The molecule has 2 aliphatic carbocycles. The summed E-state index contributed by atoms with van der Waals surface area (Å²) in [6, 6.07) is 6.67. The van der Waals surface area contributed by atoms with Crippen LogP contribution in [0.3, 0.4) is 0 Å². The van der Waals surface area contributed by atoms with Crippen molar-refractivity contribution < 1.29 is 10.2 Å². The third-order valence-electron chi connectivity index (χ3n) is 6.60. The molecule has 0 aliphatic heterocycles. The minimum atomic E-state index is -0.180. The molecule has 0 radical (unpaired) electrons. The Morgan fingerprint density at radius 1 is 1.17 bits per heavy atom. The van der Waals surface area contributed by atoms with Gasteiger partial charge in [-0.3, -0.25) is 0 Å². The molecular weight excluding hydrogens is 296 g/mol. The molecule has 2 N–H and O–H groups in total. The van der Waals surface area contributed by atoms with Crippen LogP contribution in [0.5, 0.6) is 0 Å². The van der Waals surface area contributed by atoms with Gasteiger partial charge in [-0.05, 0) is 79.9 Å². The first-order valence-electron chi connectivity index (χ1n) is 10.0. The number of aliphatic hydroxyl groups excluding tert-OH is 2. The first-order chi connectivity index (χ1) is 11.6. The maximum atomic E-state index is 10.6. The quantitative estimate of drug-likeness (QED) is 0.726. The van der Waals surface area contributed by atoms with Crippen LogP contribution < -0.4 is 0 Å². The van der Waals surface area contributed by atoms with Gasteiger partial charge in [0.1, 0.15) is 0 Å². The van der Waals surface area contributed by atoms with E-state index in [1.165, 1.54) is 29.5 Å². The number of hydrogen-bond donors (Lipinski definition) is 2. The molecule has 0 aromatic heterocycles. The van der Waals surface area contributed by atoms with Crippen LogP contribution in [0.1, 0.15) is 68.6 Å². The second-order valence-corrected chi connectivity index (χ2v) is 8.24. The van der Waals surface area contributed by atoms with Gasteiger partial charge in [-0.25, -0.2) is 0 Å². The van der Waals surface area contributed by atoms with Crippen molar-refractivity contribution in [3.05, 3.63) is 34.9 Å². The van der Waals surface area contributed by atoms with Gasteiger partial charge >= 0.3 is 0 Å². The molecule has 0 unspecified atom stereocenters. The second-order valence-electron chi connectivity index (χ2n) is 8.24. The fraction of sp³-hybridized carbons (Fsp3) is 0.727. The van der Waals surface area contributed by atoms with Gasteiger partial charge in [-0.1, -0.05) is 44.4 Å². The lowest BCUT2D eigenvalue weighted by Gasteiger charge is -2.32. The minimum absolute atomic E-state index is 0.169. The summed E-state index contributed by atoms with van der Waals surface area (Å²) in [4.78, 5) is 0. The summed E-state index contributed by atoms with van der Waals surface area (Å²) < 4.78 is 0. The van der Waals surface area contributed by atoms with Crippen molar-refractivity contribution in [1.29, 1.82) is 0 Å². The fourth-order valence-corrected chi connectivity index (χ4v) is 5.18. The lowest BCUT2D eigenvalue weighted by atomic mass is 9.73. The highest BCUT2D eigenvalue weighted by Crippen LogP contribution is 2.47. The van der Waals surface area contributed by atoms with Gasteiger partial charge in [0.25, 0.3) is 0 Å². The van der Waals surface area contributed by atoms with E-state index in [1.807, 2.05) is 0 Å². The van der Waals surface area contributed by atoms with E-state index in [4.69, 9.17) is 0 Å². The van der Waals surface area contributed by atoms with Gasteiger partial charge < -0.3 is 10.2 Å². The number of rotatable bonds is 7. The number of aliphatic hydroxyl groups is 2. The molecule has 0 saturated heterocycles. The zero-order chi connectivity index (χ0) is 17.1. The fourth-order valence-electron chi connectivity index (χ4n) is 5.18. The molecule has 0 amide bonds. The number of fused-ring (bicyclic) bond motifs is 2. The number of hydrogen-bond acceptors (Lipinski definition) is 2. The molecule has 2 aliphatic rings. The summed E-state index contributed by atoms with van der Waals surface area (Å²) in [5, 5.41) is 20.8. The highest BCUT2D eigenvalue weighted by Gasteiger charge is 2.44. The summed E-state index contributed by atoms with van der Waals surface area (Å²) in [6.07, 6.45) is 9.17. The molecule has 2 nitrogen and oxygen atoms in total. The highest BCUT2D eigenvalue weighted by molar-refractivity contribution is 5.37. The van der Waals surface area contributed by atoms with E-state index in [9.17, 15) is 10.2 Å². The van der Waals surface area contributed by atoms with Crippen molar-refractivity contribution in [2.45, 2.75) is 83.8 Å². The van der Waals surface area contributed by atoms with E-state index < -0.39 is 0 Å². The Morgan fingerprint density at radius 2 is 2.00 bits per heavy atom. The van der Waals surface area contributed by atoms with Gasteiger partial charge in [-0.2, -0.15) is 0 Å². The van der Waals surface area contributed by atoms with Crippen LogP contribution in [0.15, 0.2) is 18.2 Å². The van der Waals surface area contributed by atoms with Crippen molar-refractivity contribution in [3.63, 3.8) is 0 Å². The number of benzene rings is 1. The second kappa shape index (κ2) is 8.01. The molecule has 1 saturated carbocycles. The zero-order valence-electron chi connectivity index (χ0n) is 15.4. The van der Waals surface area contributed by atoms with E-state index in [1.54, 1.807) is 0 Å². The molecule has 0 heterocycles. The first-order valence-corrected chi connectivity index (χ1v) is 10.0. The van der Waals surface area contributed by atoms with E-state index in [2.05, 4.69) is 32.0 Å². The van der Waals surface area contributed by atoms with Gasteiger partial charge in [-0.15, -0.1) is 0 Å². The molecule has 1 fully saturated rings. The molecule has 2 heteroatoms. The normalized spacial score (nSPS) is 30.0. The van der Waals surface area contributed by atoms with Gasteiger partial charge in [0, 0.05) is 0 Å². The largest absolute Gasteiger partial charge is 0.393 e. The van der Waals surface area contributed by atoms with Crippen molar-refractivity contribution in [3.8, 4) is 0 Å². The minimum Gasteiger partial charge on any atom is -0.393 e. The molecule has 134 valence electrons. The van der Waals surface area contributed by atoms with E-state index in [-0.39, 0.29) is 12.2 Å². The van der Waals surface area contributed by atoms with Crippen LogP contribution >= 0.6 is 0 Å². The Bertz CT molecular complexity index is 539. The average molecular weight is 331 g/mol. The first kappa shape index (κ1) is 17.9. The molecule has 0 spiro atoms. The highest BCUT2D eigenvalue weighted by atomic mass is 16.3. The summed E-state index contributed by atoms with van der Waals surface area (Å²) in [5.41, 5.74) is 4.44. The lowest BCUT2D eigenvalue weighted by molar-refractivity contribution is 0.0870. The molecular formula is C22H34O2. The number of unbranched alkanes of at least 4 members (excludes halogenated alkanes) is 2. The van der Waals surface area contributed by atoms with Crippen molar-refractivity contribution in [1.82, 2.24) is 0 Å². The van der Waals surface area contributed by atoms with Crippen LogP contribution in [0.4, 0.5) is 0 Å². The third kappa shape index (κ3) is 3.86. The van der Waals surface area contributed by atoms with Crippen LogP contribution in [-0.2, 0) is 12.8 Å². The van der Waals surface area contributed by atoms with E-state index >= 15 is 0 Å². The summed E-state index contributed by atoms with van der Waals surface area (Å²) >= 11 is 0. The predicted molar refractivity (Wildman–Crippen MR) is 99.1 cm³/mol. The average Bonchev–Trinajstić information content (AvgIpc) is 2.86. The topological polar surface area (TPSA) is 40.5 Å². The molecule has 1 aromatic carbocycles.